The third kappa shape index (κ3) is 9.88. The van der Waals surface area contributed by atoms with Gasteiger partial charge in [0, 0.05) is 44.4 Å². The van der Waals surface area contributed by atoms with Gasteiger partial charge in [0.25, 0.3) is 5.95 Å². The van der Waals surface area contributed by atoms with E-state index in [1.165, 1.54) is 11.9 Å². The summed E-state index contributed by atoms with van der Waals surface area (Å²) in [4.78, 5) is 16.0. The maximum Gasteiger partial charge on any atom is 0.416 e. The van der Waals surface area contributed by atoms with Crippen molar-refractivity contribution in [2.45, 2.75) is 71.4 Å². The average molecular weight is 693 g/mol. The highest BCUT2D eigenvalue weighted by Gasteiger charge is 2.37. The van der Waals surface area contributed by atoms with E-state index in [2.05, 4.69) is 20.3 Å². The van der Waals surface area contributed by atoms with Gasteiger partial charge in [-0.1, -0.05) is 5.10 Å². The maximum absolute atomic E-state index is 13.7. The highest BCUT2D eigenvalue weighted by atomic mass is 35.5. The number of anilines is 2. The molecule has 0 spiro atoms. The maximum atomic E-state index is 13.7. The molecule has 1 saturated carbocycles. The Morgan fingerprint density at radius 1 is 0.957 bits per heavy atom. The summed E-state index contributed by atoms with van der Waals surface area (Å²) in [6, 6.07) is 5.29. The molecule has 3 aromatic rings. The lowest BCUT2D eigenvalue weighted by atomic mass is 9.80. The number of benzene rings is 2. The van der Waals surface area contributed by atoms with Gasteiger partial charge in [0.2, 0.25) is 0 Å². The lowest BCUT2D eigenvalue weighted by Gasteiger charge is -2.35. The Hall–Kier alpha value is -3.75. The summed E-state index contributed by atoms with van der Waals surface area (Å²) in [5.74, 6) is 0.332. The molecule has 1 aliphatic rings. The second-order valence-corrected chi connectivity index (χ2v) is 11.8. The van der Waals surface area contributed by atoms with E-state index in [-0.39, 0.29) is 55.4 Å². The van der Waals surface area contributed by atoms with Crippen LogP contribution in [0.1, 0.15) is 66.8 Å². The Morgan fingerprint density at radius 2 is 1.55 bits per heavy atom. The molecule has 0 radical (unpaired) electrons. The number of hydrogen-bond acceptors (Lipinski definition) is 7. The Balaban J connectivity index is 0.00000600. The van der Waals surface area contributed by atoms with Crippen molar-refractivity contribution in [1.29, 1.82) is 0 Å². The van der Waals surface area contributed by atoms with Gasteiger partial charge < -0.3 is 19.6 Å². The van der Waals surface area contributed by atoms with E-state index < -0.39 is 29.4 Å². The van der Waals surface area contributed by atoms with Crippen LogP contribution in [0.5, 0.6) is 5.75 Å². The van der Waals surface area contributed by atoms with E-state index in [4.69, 9.17) is 4.74 Å². The standard InChI is InChI=1S/C31H38F6N6O3.ClH/c1-5-42(16-21-8-6-20(7-9-21)13-28(44)45)26-15-27(46-4)19(2)10-23(26)18-43(29-38-40-41(3)39-29)17-22-11-24(30(32,33)34)14-25(12-22)31(35,36)37;/h10-12,14-15,20-21H,5-9,13,16-18H2,1-4H3,(H,44,45);1H/t20-,21-;. The molecule has 47 heavy (non-hydrogen) atoms. The molecule has 2 aromatic carbocycles. The molecule has 0 saturated heterocycles. The molecule has 1 aliphatic carbocycles. The van der Waals surface area contributed by atoms with Crippen LogP contribution in [-0.2, 0) is 37.3 Å². The summed E-state index contributed by atoms with van der Waals surface area (Å²) < 4.78 is 87.5. The van der Waals surface area contributed by atoms with Crippen LogP contribution in [0, 0.1) is 18.8 Å². The lowest BCUT2D eigenvalue weighted by molar-refractivity contribution is -0.143. The van der Waals surface area contributed by atoms with Gasteiger partial charge in [0.1, 0.15) is 5.75 Å². The summed E-state index contributed by atoms with van der Waals surface area (Å²) in [5.41, 5.74) is -0.688. The monoisotopic (exact) mass is 692 g/mol. The van der Waals surface area contributed by atoms with Gasteiger partial charge in [-0.05, 0) is 97.5 Å². The third-order valence-corrected chi connectivity index (χ3v) is 8.39. The summed E-state index contributed by atoms with van der Waals surface area (Å²) in [6.45, 7) is 4.82. The number of aryl methyl sites for hydroxylation is 2. The van der Waals surface area contributed by atoms with Crippen LogP contribution in [0.15, 0.2) is 30.3 Å². The number of ether oxygens (including phenoxy) is 1. The Bertz CT molecular complexity index is 1480. The van der Waals surface area contributed by atoms with Gasteiger partial charge in [-0.15, -0.1) is 17.5 Å². The number of hydrogen-bond donors (Lipinski definition) is 1. The highest BCUT2D eigenvalue weighted by molar-refractivity contribution is 5.85. The highest BCUT2D eigenvalue weighted by Crippen LogP contribution is 2.38. The number of carboxylic acids is 1. The first kappa shape index (κ1) is 37.7. The lowest BCUT2D eigenvalue weighted by Crippen LogP contribution is -2.33. The van der Waals surface area contributed by atoms with Crippen LogP contribution >= 0.6 is 12.4 Å². The van der Waals surface area contributed by atoms with Crippen molar-refractivity contribution >= 4 is 30.0 Å². The Kier molecular flexibility index (Phi) is 12.4. The fraction of sp³-hybridized carbons (Fsp3) is 0.548. The SMILES string of the molecule is CCN(C[C@H]1CC[C@H](CC(=O)O)CC1)c1cc(OC)c(C)cc1CN(Cc1cc(C(F)(F)F)cc(C(F)(F)F)c1)c1nnn(C)n1.Cl. The summed E-state index contributed by atoms with van der Waals surface area (Å²) in [6.07, 6.45) is -6.42. The minimum Gasteiger partial charge on any atom is -0.496 e. The zero-order chi connectivity index (χ0) is 33.8. The summed E-state index contributed by atoms with van der Waals surface area (Å²) in [7, 11) is 3.06. The van der Waals surface area contributed by atoms with E-state index in [0.29, 0.717) is 36.9 Å². The number of aliphatic carboxylic acids is 1. The number of methoxy groups -OCH3 is 1. The minimum absolute atomic E-state index is 0. The van der Waals surface area contributed by atoms with Gasteiger partial charge in [-0.3, -0.25) is 4.79 Å². The van der Waals surface area contributed by atoms with Crippen LogP contribution in [0.3, 0.4) is 0 Å². The summed E-state index contributed by atoms with van der Waals surface area (Å²) in [5, 5.41) is 21.3. The van der Waals surface area contributed by atoms with E-state index in [1.54, 1.807) is 7.11 Å². The number of alkyl halides is 6. The second kappa shape index (κ2) is 15.4. The van der Waals surface area contributed by atoms with Crippen molar-refractivity contribution in [3.63, 3.8) is 0 Å². The number of tetrazole rings is 1. The molecule has 0 unspecified atom stereocenters. The van der Waals surface area contributed by atoms with Crippen molar-refractivity contribution in [2.75, 3.05) is 30.0 Å². The zero-order valence-electron chi connectivity index (χ0n) is 26.5. The fourth-order valence-electron chi connectivity index (χ4n) is 6.09. The molecule has 0 bridgehead atoms. The predicted octanol–water partition coefficient (Wildman–Crippen LogP) is 7.30. The molecule has 9 nitrogen and oxygen atoms in total. The predicted molar refractivity (Wildman–Crippen MR) is 166 cm³/mol. The van der Waals surface area contributed by atoms with Crippen molar-refractivity contribution < 1.29 is 41.0 Å². The molecule has 260 valence electrons. The first-order valence-corrected chi connectivity index (χ1v) is 15.0. The first-order chi connectivity index (χ1) is 21.6. The molecule has 1 fully saturated rings. The number of nitrogens with zero attached hydrogens (tertiary/aromatic N) is 6. The van der Waals surface area contributed by atoms with Crippen molar-refractivity contribution in [3.05, 3.63) is 58.1 Å². The number of halogens is 7. The molecular weight excluding hydrogens is 654 g/mol. The van der Waals surface area contributed by atoms with E-state index in [1.807, 2.05) is 26.0 Å². The van der Waals surface area contributed by atoms with Gasteiger partial charge >= 0.3 is 18.3 Å². The number of carbonyl (C=O) groups is 1. The molecule has 1 aromatic heterocycles. The quantitative estimate of drug-likeness (QED) is 0.198. The van der Waals surface area contributed by atoms with Crippen LogP contribution in [0.25, 0.3) is 0 Å². The van der Waals surface area contributed by atoms with E-state index >= 15 is 0 Å². The molecule has 1 heterocycles. The van der Waals surface area contributed by atoms with Crippen molar-refractivity contribution in [2.24, 2.45) is 18.9 Å². The topological polar surface area (TPSA) is 96.6 Å². The fourth-order valence-corrected chi connectivity index (χ4v) is 6.09. The molecular formula is C31H39ClF6N6O3. The molecule has 0 amide bonds. The van der Waals surface area contributed by atoms with Crippen LogP contribution < -0.4 is 14.5 Å². The van der Waals surface area contributed by atoms with Crippen molar-refractivity contribution in [3.8, 4) is 5.75 Å². The molecule has 0 aliphatic heterocycles. The molecule has 16 heteroatoms. The van der Waals surface area contributed by atoms with Crippen LogP contribution in [-0.4, -0.2) is 51.5 Å². The first-order valence-electron chi connectivity index (χ1n) is 15.0. The van der Waals surface area contributed by atoms with Gasteiger partial charge in [-0.25, -0.2) is 0 Å². The van der Waals surface area contributed by atoms with Crippen molar-refractivity contribution in [1.82, 2.24) is 20.2 Å². The average Bonchev–Trinajstić information content (AvgIpc) is 3.41. The largest absolute Gasteiger partial charge is 0.496 e. The zero-order valence-corrected chi connectivity index (χ0v) is 27.3. The number of rotatable bonds is 12. The minimum atomic E-state index is -4.99. The van der Waals surface area contributed by atoms with Crippen LogP contribution in [0.2, 0.25) is 0 Å². The van der Waals surface area contributed by atoms with Crippen LogP contribution in [0.4, 0.5) is 38.0 Å². The molecule has 0 atom stereocenters. The second-order valence-electron chi connectivity index (χ2n) is 11.8. The number of carboxylic acid groups (broad SMARTS) is 1. The van der Waals surface area contributed by atoms with Gasteiger partial charge in [0.05, 0.1) is 25.3 Å². The smallest absolute Gasteiger partial charge is 0.416 e. The number of aromatic nitrogens is 4. The van der Waals surface area contributed by atoms with Gasteiger partial charge in [-0.2, -0.15) is 31.1 Å². The summed E-state index contributed by atoms with van der Waals surface area (Å²) >= 11 is 0. The molecule has 1 N–H and O–H groups in total. The van der Waals surface area contributed by atoms with E-state index in [9.17, 15) is 36.2 Å². The Labute approximate surface area is 275 Å². The van der Waals surface area contributed by atoms with E-state index in [0.717, 1.165) is 47.3 Å². The van der Waals surface area contributed by atoms with Gasteiger partial charge in [0.15, 0.2) is 0 Å². The Morgan fingerprint density at radius 3 is 2.04 bits per heavy atom. The normalized spacial score (nSPS) is 16.8. The third-order valence-electron chi connectivity index (χ3n) is 8.39. The molecule has 4 rings (SSSR count).